The van der Waals surface area contributed by atoms with Crippen LogP contribution in [0.15, 0.2) is 6.20 Å². The lowest BCUT2D eigenvalue weighted by atomic mass is 10.2. The van der Waals surface area contributed by atoms with Crippen LogP contribution in [0.1, 0.15) is 22.7 Å². The molecule has 78 valence electrons. The SMILES string of the molecule is NCCc1cnc(CC2CCCO2)s1. The highest BCUT2D eigenvalue weighted by atomic mass is 32.1. The van der Waals surface area contributed by atoms with Crippen molar-refractivity contribution in [1.29, 1.82) is 0 Å². The summed E-state index contributed by atoms with van der Waals surface area (Å²) >= 11 is 1.77. The lowest BCUT2D eigenvalue weighted by Crippen LogP contribution is -2.08. The molecule has 0 aromatic carbocycles. The second-order valence-corrected chi connectivity index (χ2v) is 4.80. The Morgan fingerprint density at radius 2 is 2.57 bits per heavy atom. The van der Waals surface area contributed by atoms with E-state index in [1.807, 2.05) is 6.20 Å². The molecular formula is C10H16N2OS. The number of hydrogen-bond donors (Lipinski definition) is 1. The van der Waals surface area contributed by atoms with Crippen molar-refractivity contribution in [2.45, 2.75) is 31.8 Å². The molecule has 0 saturated carbocycles. The second kappa shape index (κ2) is 4.87. The van der Waals surface area contributed by atoms with Gasteiger partial charge in [-0.2, -0.15) is 0 Å². The number of aromatic nitrogens is 1. The molecule has 1 aliphatic rings. The fourth-order valence-corrected chi connectivity index (χ4v) is 2.70. The normalized spacial score (nSPS) is 21.6. The van der Waals surface area contributed by atoms with Crippen LogP contribution in [-0.2, 0) is 17.6 Å². The van der Waals surface area contributed by atoms with Gasteiger partial charge >= 0.3 is 0 Å². The first-order valence-corrected chi connectivity index (χ1v) is 5.95. The Morgan fingerprint density at radius 3 is 3.29 bits per heavy atom. The van der Waals surface area contributed by atoms with Gasteiger partial charge in [0, 0.05) is 24.1 Å². The fourth-order valence-electron chi connectivity index (χ4n) is 1.70. The van der Waals surface area contributed by atoms with Crippen molar-refractivity contribution >= 4 is 11.3 Å². The highest BCUT2D eigenvalue weighted by molar-refractivity contribution is 7.11. The van der Waals surface area contributed by atoms with Crippen LogP contribution in [0.5, 0.6) is 0 Å². The summed E-state index contributed by atoms with van der Waals surface area (Å²) in [5.41, 5.74) is 5.49. The molecule has 3 nitrogen and oxygen atoms in total. The first kappa shape index (κ1) is 10.1. The molecule has 0 radical (unpaired) electrons. The quantitative estimate of drug-likeness (QED) is 0.820. The Kier molecular flexibility index (Phi) is 3.50. The maximum atomic E-state index is 5.57. The summed E-state index contributed by atoms with van der Waals surface area (Å²) in [4.78, 5) is 5.67. The van der Waals surface area contributed by atoms with Crippen molar-refractivity contribution in [3.63, 3.8) is 0 Å². The van der Waals surface area contributed by atoms with Gasteiger partial charge in [0.2, 0.25) is 0 Å². The van der Waals surface area contributed by atoms with Crippen LogP contribution in [0, 0.1) is 0 Å². The molecule has 1 aromatic rings. The van der Waals surface area contributed by atoms with Crippen LogP contribution >= 0.6 is 11.3 Å². The predicted molar refractivity (Wildman–Crippen MR) is 57.6 cm³/mol. The predicted octanol–water partition coefficient (Wildman–Crippen LogP) is 1.37. The van der Waals surface area contributed by atoms with Crippen molar-refractivity contribution in [3.8, 4) is 0 Å². The maximum Gasteiger partial charge on any atom is 0.0953 e. The topological polar surface area (TPSA) is 48.1 Å². The number of nitrogens with zero attached hydrogens (tertiary/aromatic N) is 1. The third-order valence-electron chi connectivity index (χ3n) is 2.42. The molecule has 0 bridgehead atoms. The highest BCUT2D eigenvalue weighted by Crippen LogP contribution is 2.20. The molecule has 1 atom stereocenters. The van der Waals surface area contributed by atoms with Gasteiger partial charge in [0.15, 0.2) is 0 Å². The summed E-state index contributed by atoms with van der Waals surface area (Å²) in [5.74, 6) is 0. The van der Waals surface area contributed by atoms with E-state index in [0.29, 0.717) is 12.6 Å². The summed E-state index contributed by atoms with van der Waals surface area (Å²) in [5, 5.41) is 1.19. The molecular weight excluding hydrogens is 196 g/mol. The zero-order valence-electron chi connectivity index (χ0n) is 8.24. The Balaban J connectivity index is 1.88. The lowest BCUT2D eigenvalue weighted by molar-refractivity contribution is 0.111. The molecule has 0 amide bonds. The lowest BCUT2D eigenvalue weighted by Gasteiger charge is -2.05. The van der Waals surface area contributed by atoms with Crippen molar-refractivity contribution < 1.29 is 4.74 Å². The van der Waals surface area contributed by atoms with Gasteiger partial charge in [-0.1, -0.05) is 0 Å². The van der Waals surface area contributed by atoms with E-state index in [0.717, 1.165) is 19.4 Å². The fraction of sp³-hybridized carbons (Fsp3) is 0.700. The van der Waals surface area contributed by atoms with Gasteiger partial charge in [-0.05, 0) is 25.8 Å². The molecule has 14 heavy (non-hydrogen) atoms. The number of ether oxygens (including phenoxy) is 1. The molecule has 1 saturated heterocycles. The van der Waals surface area contributed by atoms with Crippen LogP contribution in [-0.4, -0.2) is 24.2 Å². The number of rotatable bonds is 4. The summed E-state index contributed by atoms with van der Waals surface area (Å²) in [6, 6.07) is 0. The van der Waals surface area contributed by atoms with Gasteiger partial charge in [-0.3, -0.25) is 0 Å². The average molecular weight is 212 g/mol. The van der Waals surface area contributed by atoms with E-state index < -0.39 is 0 Å². The summed E-state index contributed by atoms with van der Waals surface area (Å²) in [7, 11) is 0. The Morgan fingerprint density at radius 1 is 1.64 bits per heavy atom. The Bertz CT molecular complexity index is 281. The first-order valence-electron chi connectivity index (χ1n) is 5.13. The molecule has 4 heteroatoms. The third-order valence-corrected chi connectivity index (χ3v) is 3.50. The zero-order chi connectivity index (χ0) is 9.80. The van der Waals surface area contributed by atoms with Crippen LogP contribution in [0.25, 0.3) is 0 Å². The molecule has 2 rings (SSSR count). The molecule has 1 aromatic heterocycles. The summed E-state index contributed by atoms with van der Waals surface area (Å²) in [6.07, 6.45) is 6.67. The Labute approximate surface area is 88.3 Å². The molecule has 1 aliphatic heterocycles. The van der Waals surface area contributed by atoms with Crippen molar-refractivity contribution in [2.75, 3.05) is 13.2 Å². The standard InChI is InChI=1S/C10H16N2OS/c11-4-3-9-7-12-10(14-9)6-8-2-1-5-13-8/h7-8H,1-6,11H2. The van der Waals surface area contributed by atoms with Crippen LogP contribution in [0.3, 0.4) is 0 Å². The van der Waals surface area contributed by atoms with E-state index in [9.17, 15) is 0 Å². The minimum atomic E-state index is 0.409. The largest absolute Gasteiger partial charge is 0.378 e. The molecule has 1 unspecified atom stereocenters. The zero-order valence-corrected chi connectivity index (χ0v) is 9.05. The van der Waals surface area contributed by atoms with E-state index >= 15 is 0 Å². The maximum absolute atomic E-state index is 5.57. The van der Waals surface area contributed by atoms with Crippen molar-refractivity contribution in [3.05, 3.63) is 16.1 Å². The van der Waals surface area contributed by atoms with E-state index in [-0.39, 0.29) is 0 Å². The van der Waals surface area contributed by atoms with Crippen molar-refractivity contribution in [2.24, 2.45) is 5.73 Å². The smallest absolute Gasteiger partial charge is 0.0953 e. The van der Waals surface area contributed by atoms with Gasteiger partial charge in [-0.15, -0.1) is 11.3 Å². The van der Waals surface area contributed by atoms with Gasteiger partial charge in [0.1, 0.15) is 0 Å². The highest BCUT2D eigenvalue weighted by Gasteiger charge is 2.17. The monoisotopic (exact) mass is 212 g/mol. The van der Waals surface area contributed by atoms with Gasteiger partial charge in [0.25, 0.3) is 0 Å². The van der Waals surface area contributed by atoms with Crippen LogP contribution in [0.4, 0.5) is 0 Å². The number of hydrogen-bond acceptors (Lipinski definition) is 4. The number of thiazole rings is 1. The Hall–Kier alpha value is -0.450. The van der Waals surface area contributed by atoms with Crippen LogP contribution < -0.4 is 5.73 Å². The van der Waals surface area contributed by atoms with Gasteiger partial charge in [0.05, 0.1) is 11.1 Å². The van der Waals surface area contributed by atoms with Crippen molar-refractivity contribution in [1.82, 2.24) is 4.98 Å². The molecule has 2 heterocycles. The molecule has 1 fully saturated rings. The van der Waals surface area contributed by atoms with E-state index in [1.165, 1.54) is 22.7 Å². The first-order chi connectivity index (χ1) is 6.88. The third kappa shape index (κ3) is 2.53. The van der Waals surface area contributed by atoms with E-state index in [2.05, 4.69) is 4.98 Å². The average Bonchev–Trinajstić information content (AvgIpc) is 2.79. The molecule has 0 spiro atoms. The van der Waals surface area contributed by atoms with E-state index in [4.69, 9.17) is 10.5 Å². The molecule has 0 aliphatic carbocycles. The summed E-state index contributed by atoms with van der Waals surface area (Å²) < 4.78 is 5.57. The minimum Gasteiger partial charge on any atom is -0.378 e. The van der Waals surface area contributed by atoms with E-state index in [1.54, 1.807) is 11.3 Å². The molecule has 2 N–H and O–H groups in total. The minimum absolute atomic E-state index is 0.409. The summed E-state index contributed by atoms with van der Waals surface area (Å²) in [6.45, 7) is 1.63. The van der Waals surface area contributed by atoms with Gasteiger partial charge in [-0.25, -0.2) is 4.98 Å². The number of nitrogens with two attached hydrogens (primary N) is 1. The second-order valence-electron chi connectivity index (χ2n) is 3.60. The van der Waals surface area contributed by atoms with Crippen LogP contribution in [0.2, 0.25) is 0 Å². The van der Waals surface area contributed by atoms with Gasteiger partial charge < -0.3 is 10.5 Å².